The molecule has 0 spiro atoms. The molecule has 0 amide bonds. The first-order chi connectivity index (χ1) is 19.5. The van der Waals surface area contributed by atoms with Crippen LogP contribution in [0.1, 0.15) is 32.2 Å². The van der Waals surface area contributed by atoms with Gasteiger partial charge in [0.2, 0.25) is 0 Å². The van der Waals surface area contributed by atoms with Gasteiger partial charge >= 0.3 is 0 Å². The summed E-state index contributed by atoms with van der Waals surface area (Å²) in [6, 6.07) is 25.2. The number of hydrogen-bond acceptors (Lipinski definition) is 3. The predicted octanol–water partition coefficient (Wildman–Crippen LogP) is 9.56. The summed E-state index contributed by atoms with van der Waals surface area (Å²) in [5, 5.41) is 3.57. The Hall–Kier alpha value is -4.96. The van der Waals surface area contributed by atoms with Gasteiger partial charge < -0.3 is 4.90 Å². The van der Waals surface area contributed by atoms with Crippen molar-refractivity contribution in [1.29, 1.82) is 0 Å². The molecule has 0 aliphatic carbocycles. The summed E-state index contributed by atoms with van der Waals surface area (Å²) in [6.07, 6.45) is 16.0. The summed E-state index contributed by atoms with van der Waals surface area (Å²) in [5.74, 6) is 0. The van der Waals surface area contributed by atoms with Crippen molar-refractivity contribution in [2.24, 2.45) is 4.99 Å². The lowest BCUT2D eigenvalue weighted by atomic mass is 10.1. The number of para-hydroxylation sites is 3. The zero-order chi connectivity index (χ0) is 28.1. The van der Waals surface area contributed by atoms with E-state index in [0.29, 0.717) is 0 Å². The molecule has 0 saturated heterocycles. The zero-order valence-corrected chi connectivity index (χ0v) is 23.5. The van der Waals surface area contributed by atoms with E-state index in [4.69, 9.17) is 9.98 Å². The third kappa shape index (κ3) is 5.16. The van der Waals surface area contributed by atoms with Gasteiger partial charge in [-0.1, -0.05) is 85.5 Å². The third-order valence-corrected chi connectivity index (χ3v) is 7.00. The number of aliphatic imine (C=N–C) groups is 1. The molecule has 0 atom stereocenters. The molecule has 5 aromatic rings. The highest BCUT2D eigenvalue weighted by Crippen LogP contribution is 2.33. The van der Waals surface area contributed by atoms with Crippen molar-refractivity contribution in [1.82, 2.24) is 9.38 Å². The quantitative estimate of drug-likeness (QED) is 0.115. The fraction of sp³-hybridized carbons (Fsp3) is 0.111. The van der Waals surface area contributed by atoms with E-state index in [9.17, 15) is 0 Å². The second-order valence-electron chi connectivity index (χ2n) is 9.73. The molecule has 0 bridgehead atoms. The van der Waals surface area contributed by atoms with Crippen molar-refractivity contribution in [2.75, 3.05) is 11.9 Å². The topological polar surface area (TPSA) is 32.9 Å². The van der Waals surface area contributed by atoms with E-state index in [2.05, 4.69) is 116 Å². The second kappa shape index (κ2) is 11.8. The van der Waals surface area contributed by atoms with Crippen LogP contribution >= 0.6 is 0 Å². The predicted molar refractivity (Wildman–Crippen MR) is 175 cm³/mol. The van der Waals surface area contributed by atoms with Crippen molar-refractivity contribution >= 4 is 57.1 Å². The molecule has 4 heteroatoms. The minimum Gasteiger partial charge on any atom is -0.347 e. The summed E-state index contributed by atoms with van der Waals surface area (Å²) < 4.78 is 2.27. The summed E-state index contributed by atoms with van der Waals surface area (Å²) in [4.78, 5) is 12.2. The highest BCUT2D eigenvalue weighted by atomic mass is 15.1. The number of allylic oxidation sites excluding steroid dienone is 7. The lowest BCUT2D eigenvalue weighted by molar-refractivity contribution is 1.09. The molecule has 0 aliphatic rings. The van der Waals surface area contributed by atoms with Crippen LogP contribution in [0.2, 0.25) is 0 Å². The average Bonchev–Trinajstić information content (AvgIpc) is 3.34. The maximum absolute atomic E-state index is 5.15. The van der Waals surface area contributed by atoms with E-state index >= 15 is 0 Å². The molecule has 5 rings (SSSR count). The Morgan fingerprint density at radius 2 is 1.60 bits per heavy atom. The van der Waals surface area contributed by atoms with Gasteiger partial charge in [0.05, 0.1) is 28.3 Å². The number of imidazole rings is 1. The Balaban J connectivity index is 1.58. The molecule has 2 aromatic heterocycles. The number of fused-ring (bicyclic) bond motifs is 6. The van der Waals surface area contributed by atoms with Gasteiger partial charge in [-0.2, -0.15) is 0 Å². The summed E-state index contributed by atoms with van der Waals surface area (Å²) in [5.41, 5.74) is 8.13. The van der Waals surface area contributed by atoms with Crippen LogP contribution in [0.25, 0.3) is 39.5 Å². The summed E-state index contributed by atoms with van der Waals surface area (Å²) in [6.45, 7) is 9.93. The Kier molecular flexibility index (Phi) is 7.88. The molecule has 0 aliphatic heterocycles. The van der Waals surface area contributed by atoms with Crippen LogP contribution in [0.4, 0.5) is 11.4 Å². The maximum Gasteiger partial charge on any atom is 0.146 e. The van der Waals surface area contributed by atoms with E-state index in [-0.39, 0.29) is 0 Å². The number of hydrogen-bond donors (Lipinski definition) is 0. The Bertz CT molecular complexity index is 1860. The first-order valence-electron chi connectivity index (χ1n) is 13.5. The van der Waals surface area contributed by atoms with E-state index in [1.165, 1.54) is 10.8 Å². The highest BCUT2D eigenvalue weighted by Gasteiger charge is 2.15. The molecule has 198 valence electrons. The molecule has 40 heavy (non-hydrogen) atoms. The molecular formula is C36H34N4. The number of nitrogens with zero attached hydrogens (tertiary/aromatic N) is 4. The van der Waals surface area contributed by atoms with Crippen molar-refractivity contribution in [2.45, 2.75) is 20.8 Å². The molecule has 0 radical (unpaired) electrons. The monoisotopic (exact) mass is 522 g/mol. The van der Waals surface area contributed by atoms with E-state index in [1.54, 1.807) is 6.08 Å². The zero-order valence-electron chi connectivity index (χ0n) is 23.5. The number of pyridine rings is 1. The van der Waals surface area contributed by atoms with Crippen molar-refractivity contribution in [3.05, 3.63) is 132 Å². The SMILES string of the molecule is C=C/C=C\C=C(/C)N(C)c1ccccc1N=C/C(C)=C/c1nc2c3ccccc3c3ccccc3n2c1/C=C\C. The average molecular weight is 523 g/mol. The largest absolute Gasteiger partial charge is 0.347 e. The van der Waals surface area contributed by atoms with Gasteiger partial charge in [-0.3, -0.25) is 9.39 Å². The van der Waals surface area contributed by atoms with Crippen molar-refractivity contribution in [3.63, 3.8) is 0 Å². The van der Waals surface area contributed by atoms with Crippen molar-refractivity contribution in [3.8, 4) is 0 Å². The van der Waals surface area contributed by atoms with Crippen LogP contribution in [0, 0.1) is 0 Å². The molecule has 4 nitrogen and oxygen atoms in total. The molecule has 0 saturated carbocycles. The molecule has 2 heterocycles. The van der Waals surface area contributed by atoms with Gasteiger partial charge in [-0.05, 0) is 68.2 Å². The molecule has 0 unspecified atom stereocenters. The fourth-order valence-electron chi connectivity index (χ4n) is 4.96. The van der Waals surface area contributed by atoms with Crippen LogP contribution in [-0.4, -0.2) is 22.6 Å². The Morgan fingerprint density at radius 1 is 0.900 bits per heavy atom. The second-order valence-corrected chi connectivity index (χ2v) is 9.73. The third-order valence-electron chi connectivity index (χ3n) is 7.00. The first-order valence-corrected chi connectivity index (χ1v) is 13.5. The Labute approximate surface area is 236 Å². The van der Waals surface area contributed by atoms with Gasteiger partial charge in [0.1, 0.15) is 5.65 Å². The molecular weight excluding hydrogens is 488 g/mol. The highest BCUT2D eigenvalue weighted by molar-refractivity contribution is 6.12. The van der Waals surface area contributed by atoms with E-state index in [0.717, 1.165) is 50.6 Å². The van der Waals surface area contributed by atoms with Crippen LogP contribution in [0.3, 0.4) is 0 Å². The number of aromatic nitrogens is 2. The lowest BCUT2D eigenvalue weighted by Gasteiger charge is -2.21. The van der Waals surface area contributed by atoms with E-state index < -0.39 is 0 Å². The minimum atomic E-state index is 0.902. The van der Waals surface area contributed by atoms with Gasteiger partial charge in [0.25, 0.3) is 0 Å². The van der Waals surface area contributed by atoms with Crippen LogP contribution in [-0.2, 0) is 0 Å². The van der Waals surface area contributed by atoms with Crippen LogP contribution in [0.15, 0.2) is 126 Å². The summed E-state index contributed by atoms with van der Waals surface area (Å²) >= 11 is 0. The minimum absolute atomic E-state index is 0.902. The number of rotatable bonds is 8. The van der Waals surface area contributed by atoms with Crippen molar-refractivity contribution < 1.29 is 0 Å². The standard InChI is InChI=1S/C36H34N4/c1-6-8-9-17-27(4)39(5)34-23-15-13-21-31(34)37-25-26(3)24-32-35(16-7-2)40-33-22-14-12-19-29(33)28-18-10-11-20-30(28)36(40)38-32/h6-25H,1H2,2-5H3/b9-8-,16-7-,26-24+,27-17+,37-25?. The Morgan fingerprint density at radius 3 is 2.38 bits per heavy atom. The van der Waals surface area contributed by atoms with Gasteiger partial charge in [0, 0.05) is 29.7 Å². The fourth-order valence-corrected chi connectivity index (χ4v) is 4.96. The van der Waals surface area contributed by atoms with Gasteiger partial charge in [0.15, 0.2) is 0 Å². The van der Waals surface area contributed by atoms with Crippen LogP contribution < -0.4 is 4.90 Å². The number of anilines is 1. The number of benzene rings is 3. The first kappa shape index (κ1) is 26.6. The smallest absolute Gasteiger partial charge is 0.146 e. The normalized spacial score (nSPS) is 13.1. The van der Waals surface area contributed by atoms with Gasteiger partial charge in [-0.15, -0.1) is 0 Å². The van der Waals surface area contributed by atoms with Crippen LogP contribution in [0.5, 0.6) is 0 Å². The maximum atomic E-state index is 5.15. The molecule has 3 aromatic carbocycles. The van der Waals surface area contributed by atoms with Gasteiger partial charge in [-0.25, -0.2) is 4.98 Å². The summed E-state index contributed by atoms with van der Waals surface area (Å²) in [7, 11) is 2.05. The molecule has 0 fully saturated rings. The molecule has 0 N–H and O–H groups in total. The lowest BCUT2D eigenvalue weighted by Crippen LogP contribution is -2.14. The van der Waals surface area contributed by atoms with E-state index in [1.807, 2.05) is 43.5 Å².